The second-order valence-corrected chi connectivity index (χ2v) is 5.31. The van der Waals surface area contributed by atoms with Crippen molar-refractivity contribution < 1.29 is 0 Å². The minimum atomic E-state index is 0.992. The van der Waals surface area contributed by atoms with Gasteiger partial charge in [-0.1, -0.05) is 55.8 Å². The average molecular weight is 263 g/mol. The SMILES string of the molecule is CCCCC1=CCN2C=CC=CC2=C1c1ccccc1. The Bertz CT molecular complexity index is 587. The highest BCUT2D eigenvalue weighted by Gasteiger charge is 2.20. The summed E-state index contributed by atoms with van der Waals surface area (Å²) in [5, 5.41) is 0. The largest absolute Gasteiger partial charge is 0.344 e. The number of hydrogen-bond acceptors (Lipinski definition) is 1. The summed E-state index contributed by atoms with van der Waals surface area (Å²) in [6.45, 7) is 3.25. The summed E-state index contributed by atoms with van der Waals surface area (Å²) in [6, 6.07) is 10.8. The zero-order valence-electron chi connectivity index (χ0n) is 12.0. The lowest BCUT2D eigenvalue weighted by Gasteiger charge is -2.31. The molecule has 0 radical (unpaired) electrons. The van der Waals surface area contributed by atoms with Crippen molar-refractivity contribution in [3.8, 4) is 0 Å². The second-order valence-electron chi connectivity index (χ2n) is 5.31. The molecule has 20 heavy (non-hydrogen) atoms. The van der Waals surface area contributed by atoms with Crippen LogP contribution in [0.5, 0.6) is 0 Å². The number of hydrogen-bond donors (Lipinski definition) is 0. The van der Waals surface area contributed by atoms with Crippen LogP contribution in [-0.2, 0) is 0 Å². The number of rotatable bonds is 4. The Morgan fingerprint density at radius 3 is 2.75 bits per heavy atom. The van der Waals surface area contributed by atoms with Crippen molar-refractivity contribution in [1.82, 2.24) is 4.90 Å². The first kappa shape index (κ1) is 13.0. The zero-order chi connectivity index (χ0) is 13.8. The van der Waals surface area contributed by atoms with Crippen LogP contribution < -0.4 is 0 Å². The summed E-state index contributed by atoms with van der Waals surface area (Å²) in [5.74, 6) is 0. The molecular weight excluding hydrogens is 242 g/mol. The Balaban J connectivity index is 2.05. The van der Waals surface area contributed by atoms with E-state index in [1.807, 2.05) is 0 Å². The first-order chi connectivity index (χ1) is 9.90. The number of benzene rings is 1. The summed E-state index contributed by atoms with van der Waals surface area (Å²) >= 11 is 0. The predicted octanol–water partition coefficient (Wildman–Crippen LogP) is 4.91. The van der Waals surface area contributed by atoms with Gasteiger partial charge in [0, 0.05) is 24.0 Å². The molecule has 1 aromatic carbocycles. The Hall–Kier alpha value is -2.02. The third-order valence-corrected chi connectivity index (χ3v) is 3.91. The predicted molar refractivity (Wildman–Crippen MR) is 86.0 cm³/mol. The summed E-state index contributed by atoms with van der Waals surface area (Å²) in [5.41, 5.74) is 5.58. The van der Waals surface area contributed by atoms with Gasteiger partial charge in [-0.05, 0) is 36.1 Å². The molecule has 0 fully saturated rings. The molecule has 0 spiro atoms. The summed E-state index contributed by atoms with van der Waals surface area (Å²) in [4.78, 5) is 2.33. The van der Waals surface area contributed by atoms with Gasteiger partial charge >= 0.3 is 0 Å². The van der Waals surface area contributed by atoms with Crippen molar-refractivity contribution in [3.63, 3.8) is 0 Å². The maximum Gasteiger partial charge on any atom is 0.0491 e. The van der Waals surface area contributed by atoms with Crippen LogP contribution in [0.3, 0.4) is 0 Å². The van der Waals surface area contributed by atoms with Gasteiger partial charge in [0.05, 0.1) is 0 Å². The van der Waals surface area contributed by atoms with Gasteiger partial charge in [0.15, 0.2) is 0 Å². The highest BCUT2D eigenvalue weighted by Crippen LogP contribution is 2.36. The van der Waals surface area contributed by atoms with Crippen LogP contribution >= 0.6 is 0 Å². The topological polar surface area (TPSA) is 3.24 Å². The standard InChI is InChI=1S/C19H21N/c1-2-3-9-17-13-15-20-14-8-7-12-18(20)19(17)16-10-5-4-6-11-16/h4-8,10-14H,2-3,9,15H2,1H3. The maximum absolute atomic E-state index is 2.39. The molecule has 102 valence electrons. The van der Waals surface area contributed by atoms with E-state index in [1.165, 1.54) is 41.7 Å². The molecule has 0 unspecified atom stereocenters. The number of fused-ring (bicyclic) bond motifs is 1. The van der Waals surface area contributed by atoms with E-state index in [0.29, 0.717) is 0 Å². The fourth-order valence-corrected chi connectivity index (χ4v) is 2.87. The molecule has 2 aliphatic rings. The van der Waals surface area contributed by atoms with Gasteiger partial charge in [0.1, 0.15) is 0 Å². The summed E-state index contributed by atoms with van der Waals surface area (Å²) in [6.07, 6.45) is 14.7. The third-order valence-electron chi connectivity index (χ3n) is 3.91. The lowest BCUT2D eigenvalue weighted by molar-refractivity contribution is 0.522. The lowest BCUT2D eigenvalue weighted by atomic mass is 9.89. The fraction of sp³-hybridized carbons (Fsp3) is 0.263. The van der Waals surface area contributed by atoms with Gasteiger partial charge < -0.3 is 4.90 Å². The molecular formula is C19H21N. The minimum absolute atomic E-state index is 0.992. The molecule has 2 heterocycles. The Morgan fingerprint density at radius 1 is 1.10 bits per heavy atom. The van der Waals surface area contributed by atoms with E-state index >= 15 is 0 Å². The van der Waals surface area contributed by atoms with Crippen molar-refractivity contribution in [1.29, 1.82) is 0 Å². The molecule has 1 heteroatoms. The van der Waals surface area contributed by atoms with Crippen molar-refractivity contribution in [2.24, 2.45) is 0 Å². The van der Waals surface area contributed by atoms with E-state index < -0.39 is 0 Å². The van der Waals surface area contributed by atoms with Crippen molar-refractivity contribution in [3.05, 3.63) is 77.7 Å². The van der Waals surface area contributed by atoms with E-state index in [-0.39, 0.29) is 0 Å². The van der Waals surface area contributed by atoms with E-state index in [9.17, 15) is 0 Å². The van der Waals surface area contributed by atoms with Gasteiger partial charge in [0.2, 0.25) is 0 Å². The Labute approximate surface area is 121 Å². The van der Waals surface area contributed by atoms with Gasteiger partial charge in [-0.3, -0.25) is 0 Å². The van der Waals surface area contributed by atoms with Crippen LogP contribution in [0.15, 0.2) is 72.1 Å². The van der Waals surface area contributed by atoms with Gasteiger partial charge in [0.25, 0.3) is 0 Å². The number of unbranched alkanes of at least 4 members (excludes halogenated alkanes) is 1. The molecule has 2 aliphatic heterocycles. The Kier molecular flexibility index (Phi) is 3.87. The summed E-state index contributed by atoms with van der Waals surface area (Å²) < 4.78 is 0. The van der Waals surface area contributed by atoms with Crippen molar-refractivity contribution in [2.45, 2.75) is 26.2 Å². The first-order valence-corrected chi connectivity index (χ1v) is 7.50. The van der Waals surface area contributed by atoms with E-state index in [1.54, 1.807) is 0 Å². The van der Waals surface area contributed by atoms with Crippen molar-refractivity contribution in [2.75, 3.05) is 6.54 Å². The molecule has 0 saturated heterocycles. The average Bonchev–Trinajstić information content (AvgIpc) is 2.53. The van der Waals surface area contributed by atoms with Crippen LogP contribution in [0.2, 0.25) is 0 Å². The molecule has 0 amide bonds. The molecule has 0 aromatic heterocycles. The zero-order valence-corrected chi connectivity index (χ0v) is 12.0. The third kappa shape index (κ3) is 2.49. The van der Waals surface area contributed by atoms with E-state index in [4.69, 9.17) is 0 Å². The monoisotopic (exact) mass is 263 g/mol. The minimum Gasteiger partial charge on any atom is -0.344 e. The normalized spacial score (nSPS) is 17.2. The van der Waals surface area contributed by atoms with Crippen molar-refractivity contribution >= 4 is 5.57 Å². The smallest absolute Gasteiger partial charge is 0.0491 e. The van der Waals surface area contributed by atoms with Gasteiger partial charge in [-0.2, -0.15) is 0 Å². The van der Waals surface area contributed by atoms with E-state index in [0.717, 1.165) is 6.54 Å². The molecule has 0 bridgehead atoms. The van der Waals surface area contributed by atoms with Gasteiger partial charge in [-0.15, -0.1) is 0 Å². The molecule has 0 aliphatic carbocycles. The molecule has 0 atom stereocenters. The lowest BCUT2D eigenvalue weighted by Crippen LogP contribution is -2.23. The molecule has 1 aromatic rings. The quantitative estimate of drug-likeness (QED) is 0.745. The van der Waals surface area contributed by atoms with Crippen LogP contribution in [0.4, 0.5) is 0 Å². The van der Waals surface area contributed by atoms with Crippen LogP contribution in [0, 0.1) is 0 Å². The molecule has 0 N–H and O–H groups in total. The molecule has 3 rings (SSSR count). The van der Waals surface area contributed by atoms with Crippen LogP contribution in [0.1, 0.15) is 31.7 Å². The molecule has 0 saturated carbocycles. The highest BCUT2D eigenvalue weighted by atomic mass is 15.1. The fourth-order valence-electron chi connectivity index (χ4n) is 2.87. The Morgan fingerprint density at radius 2 is 1.95 bits per heavy atom. The maximum atomic E-state index is 2.39. The highest BCUT2D eigenvalue weighted by molar-refractivity contribution is 5.84. The van der Waals surface area contributed by atoms with Gasteiger partial charge in [-0.25, -0.2) is 0 Å². The number of allylic oxidation sites excluding steroid dienone is 5. The molecule has 1 nitrogen and oxygen atoms in total. The van der Waals surface area contributed by atoms with E-state index in [2.05, 4.69) is 72.7 Å². The van der Waals surface area contributed by atoms with Crippen LogP contribution in [-0.4, -0.2) is 11.4 Å². The first-order valence-electron chi connectivity index (χ1n) is 7.50. The number of nitrogens with zero attached hydrogens (tertiary/aromatic N) is 1. The second kappa shape index (κ2) is 5.96. The van der Waals surface area contributed by atoms with Crippen LogP contribution in [0.25, 0.3) is 5.57 Å². The summed E-state index contributed by atoms with van der Waals surface area (Å²) in [7, 11) is 0.